The van der Waals surface area contributed by atoms with Crippen LogP contribution in [0.3, 0.4) is 0 Å². The van der Waals surface area contributed by atoms with Crippen LogP contribution < -0.4 is 4.90 Å². The Morgan fingerprint density at radius 2 is 1.83 bits per heavy atom. The number of aryl methyl sites for hydroxylation is 1. The van der Waals surface area contributed by atoms with Gasteiger partial charge < -0.3 is 9.47 Å². The largest absolute Gasteiger partial charge is 0.467 e. The van der Waals surface area contributed by atoms with Crippen molar-refractivity contribution < 1.29 is 19.1 Å². The number of halogens is 1. The van der Waals surface area contributed by atoms with Gasteiger partial charge in [0.25, 0.3) is 5.91 Å². The minimum absolute atomic E-state index is 0.120. The molecular weight excluding hydrogens is 374 g/mol. The Labute approximate surface area is 149 Å². The molecule has 0 fully saturated rings. The molecule has 5 nitrogen and oxygen atoms in total. The van der Waals surface area contributed by atoms with E-state index >= 15 is 0 Å². The van der Waals surface area contributed by atoms with Crippen molar-refractivity contribution in [2.24, 2.45) is 0 Å². The number of fused-ring (bicyclic) bond motifs is 1. The van der Waals surface area contributed by atoms with E-state index in [1.54, 1.807) is 6.92 Å². The molecule has 2 aromatic carbocycles. The van der Waals surface area contributed by atoms with Crippen LogP contribution >= 0.6 is 15.9 Å². The Hall–Kier alpha value is -1.92. The average molecular weight is 394 g/mol. The van der Waals surface area contributed by atoms with Gasteiger partial charge in [-0.25, -0.2) is 4.79 Å². The number of esters is 1. The molecule has 0 aromatic heterocycles. The minimum atomic E-state index is -0.763. The molecule has 0 heterocycles. The van der Waals surface area contributed by atoms with Crippen LogP contribution in [0.4, 0.5) is 5.69 Å². The summed E-state index contributed by atoms with van der Waals surface area (Å²) < 4.78 is 10.8. The summed E-state index contributed by atoms with van der Waals surface area (Å²) in [7, 11) is 2.76. The fourth-order valence-corrected chi connectivity index (χ4v) is 3.46. The van der Waals surface area contributed by atoms with Gasteiger partial charge in [-0.05, 0) is 30.9 Å². The number of rotatable bonds is 5. The number of amides is 1. The van der Waals surface area contributed by atoms with Gasteiger partial charge in [-0.15, -0.1) is 0 Å². The van der Waals surface area contributed by atoms with Crippen LogP contribution in [-0.2, 0) is 19.1 Å². The summed E-state index contributed by atoms with van der Waals surface area (Å²) in [6.45, 7) is 3.43. The summed E-state index contributed by atoms with van der Waals surface area (Å²) in [6, 6.07) is 8.90. The maximum atomic E-state index is 12.7. The van der Waals surface area contributed by atoms with E-state index in [1.807, 2.05) is 37.3 Å². The van der Waals surface area contributed by atoms with Gasteiger partial charge >= 0.3 is 5.97 Å². The molecule has 1 atom stereocenters. The van der Waals surface area contributed by atoms with Gasteiger partial charge in [0.15, 0.2) is 0 Å². The zero-order valence-electron chi connectivity index (χ0n) is 14.1. The summed E-state index contributed by atoms with van der Waals surface area (Å²) in [5, 5.41) is 1.84. The molecule has 0 saturated heterocycles. The van der Waals surface area contributed by atoms with Crippen LogP contribution in [0.5, 0.6) is 0 Å². The van der Waals surface area contributed by atoms with Gasteiger partial charge in [-0.2, -0.15) is 0 Å². The second-order valence-corrected chi connectivity index (χ2v) is 6.32. The molecule has 0 aliphatic carbocycles. The first-order chi connectivity index (χ1) is 11.4. The van der Waals surface area contributed by atoms with Gasteiger partial charge in [-0.1, -0.05) is 40.2 Å². The predicted octanol–water partition coefficient (Wildman–Crippen LogP) is 3.45. The number of methoxy groups -OCH3 is 2. The van der Waals surface area contributed by atoms with E-state index in [2.05, 4.69) is 15.9 Å². The molecule has 128 valence electrons. The second kappa shape index (κ2) is 7.77. The molecule has 0 aliphatic rings. The fraction of sp³-hybridized carbons (Fsp3) is 0.333. The lowest BCUT2D eigenvalue weighted by molar-refractivity contribution is -0.143. The van der Waals surface area contributed by atoms with Crippen LogP contribution in [-0.4, -0.2) is 38.7 Å². The molecule has 0 aliphatic heterocycles. The highest BCUT2D eigenvalue weighted by Gasteiger charge is 2.30. The molecule has 24 heavy (non-hydrogen) atoms. The highest BCUT2D eigenvalue weighted by Crippen LogP contribution is 2.36. The van der Waals surface area contributed by atoms with Gasteiger partial charge in [0, 0.05) is 17.0 Å². The van der Waals surface area contributed by atoms with E-state index in [-0.39, 0.29) is 12.5 Å². The maximum absolute atomic E-state index is 12.7. The van der Waals surface area contributed by atoms with Crippen molar-refractivity contribution in [2.75, 3.05) is 25.7 Å². The van der Waals surface area contributed by atoms with E-state index in [4.69, 9.17) is 9.47 Å². The zero-order chi connectivity index (χ0) is 17.9. The molecule has 0 unspecified atom stereocenters. The van der Waals surface area contributed by atoms with E-state index < -0.39 is 12.0 Å². The van der Waals surface area contributed by atoms with E-state index in [0.717, 1.165) is 20.8 Å². The smallest absolute Gasteiger partial charge is 0.328 e. The van der Waals surface area contributed by atoms with Crippen molar-refractivity contribution in [1.82, 2.24) is 0 Å². The SMILES string of the molecule is COCC(=O)N(c1c(C)cc(Br)c2ccccc12)[C@@H](C)C(=O)OC. The monoisotopic (exact) mass is 393 g/mol. The minimum Gasteiger partial charge on any atom is -0.467 e. The fourth-order valence-electron chi connectivity index (χ4n) is 2.77. The quantitative estimate of drug-likeness (QED) is 0.729. The number of carbonyl (C=O) groups is 2. The summed E-state index contributed by atoms with van der Waals surface area (Å²) in [5.41, 5.74) is 1.56. The van der Waals surface area contributed by atoms with Crippen LogP contribution in [0.2, 0.25) is 0 Å². The number of ether oxygens (including phenoxy) is 2. The van der Waals surface area contributed by atoms with Gasteiger partial charge in [-0.3, -0.25) is 9.69 Å². The molecule has 0 N–H and O–H groups in total. The zero-order valence-corrected chi connectivity index (χ0v) is 15.7. The maximum Gasteiger partial charge on any atom is 0.328 e. The molecular formula is C18H20BrNO4. The number of nitrogens with zero attached hydrogens (tertiary/aromatic N) is 1. The molecule has 1 amide bonds. The summed E-state index contributed by atoms with van der Waals surface area (Å²) in [4.78, 5) is 26.2. The first-order valence-corrected chi connectivity index (χ1v) is 8.28. The van der Waals surface area contributed by atoms with Crippen molar-refractivity contribution in [3.05, 3.63) is 40.4 Å². The standard InChI is InChI=1S/C18H20BrNO4/c1-11-9-15(19)13-7-5-6-8-14(13)17(11)20(16(21)10-23-3)12(2)18(22)24-4/h5-9,12H,10H2,1-4H3/t12-/m0/s1. The van der Waals surface area contributed by atoms with Crippen LogP contribution in [0.1, 0.15) is 12.5 Å². The number of benzene rings is 2. The summed E-state index contributed by atoms with van der Waals surface area (Å²) in [6.07, 6.45) is 0. The Balaban J connectivity index is 2.72. The molecule has 0 bridgehead atoms. The Morgan fingerprint density at radius 3 is 2.42 bits per heavy atom. The van der Waals surface area contributed by atoms with E-state index in [9.17, 15) is 9.59 Å². The molecule has 2 aromatic rings. The van der Waals surface area contributed by atoms with Crippen molar-refractivity contribution in [3.63, 3.8) is 0 Å². The number of carbonyl (C=O) groups excluding carboxylic acids is 2. The molecule has 2 rings (SSSR count). The van der Waals surface area contributed by atoms with Gasteiger partial charge in [0.1, 0.15) is 12.6 Å². The van der Waals surface area contributed by atoms with Crippen LogP contribution in [0.25, 0.3) is 10.8 Å². The Kier molecular flexibility index (Phi) is 5.96. The van der Waals surface area contributed by atoms with Crippen molar-refractivity contribution in [1.29, 1.82) is 0 Å². The Morgan fingerprint density at radius 1 is 1.21 bits per heavy atom. The lowest BCUT2D eigenvalue weighted by Crippen LogP contribution is -2.46. The third-order valence-electron chi connectivity index (χ3n) is 3.86. The average Bonchev–Trinajstić information content (AvgIpc) is 2.57. The number of hydrogen-bond acceptors (Lipinski definition) is 4. The molecule has 6 heteroatoms. The number of hydrogen-bond donors (Lipinski definition) is 0. The van der Waals surface area contributed by atoms with Crippen LogP contribution in [0, 0.1) is 6.92 Å². The normalized spacial score (nSPS) is 12.0. The lowest BCUT2D eigenvalue weighted by Gasteiger charge is -2.30. The lowest BCUT2D eigenvalue weighted by atomic mass is 10.0. The third-order valence-corrected chi connectivity index (χ3v) is 4.52. The predicted molar refractivity (Wildman–Crippen MR) is 97.2 cm³/mol. The van der Waals surface area contributed by atoms with Crippen molar-refractivity contribution >= 4 is 44.3 Å². The first kappa shape index (κ1) is 18.4. The molecule has 0 spiro atoms. The second-order valence-electron chi connectivity index (χ2n) is 5.47. The summed E-state index contributed by atoms with van der Waals surface area (Å²) >= 11 is 3.56. The van der Waals surface area contributed by atoms with Gasteiger partial charge in [0.05, 0.1) is 12.8 Å². The van der Waals surface area contributed by atoms with Crippen LogP contribution in [0.15, 0.2) is 34.8 Å². The third kappa shape index (κ3) is 3.44. The van der Waals surface area contributed by atoms with Crippen molar-refractivity contribution in [2.45, 2.75) is 19.9 Å². The van der Waals surface area contributed by atoms with E-state index in [1.165, 1.54) is 19.1 Å². The highest BCUT2D eigenvalue weighted by atomic mass is 79.9. The molecule has 0 saturated carbocycles. The topological polar surface area (TPSA) is 55.8 Å². The summed E-state index contributed by atoms with van der Waals surface area (Å²) in [5.74, 6) is -0.781. The first-order valence-electron chi connectivity index (χ1n) is 7.49. The van der Waals surface area contributed by atoms with Gasteiger partial charge in [0.2, 0.25) is 0 Å². The number of anilines is 1. The van der Waals surface area contributed by atoms with Crippen molar-refractivity contribution in [3.8, 4) is 0 Å². The molecule has 0 radical (unpaired) electrons. The van der Waals surface area contributed by atoms with E-state index in [0.29, 0.717) is 5.69 Å². The highest BCUT2D eigenvalue weighted by molar-refractivity contribution is 9.10. The Bertz CT molecular complexity index is 775.